The molecule has 30 heavy (non-hydrogen) atoms. The number of hydrogen-bond donors (Lipinski definition) is 0. The molecule has 2 heterocycles. The van der Waals surface area contributed by atoms with Crippen LogP contribution in [0.4, 0.5) is 9.52 Å². The van der Waals surface area contributed by atoms with E-state index in [-0.39, 0.29) is 30.4 Å². The van der Waals surface area contributed by atoms with Crippen molar-refractivity contribution in [2.45, 2.75) is 26.9 Å². The molecule has 4 aromatic rings. The topological polar surface area (TPSA) is 68.1 Å². The summed E-state index contributed by atoms with van der Waals surface area (Å²) in [6.07, 6.45) is 1.39. The molecule has 2 aromatic heterocycles. The van der Waals surface area contributed by atoms with Gasteiger partial charge < -0.3 is 0 Å². The lowest BCUT2D eigenvalue weighted by Gasteiger charge is -2.20. The molecule has 4 rings (SSSR count). The molecule has 0 fully saturated rings. The van der Waals surface area contributed by atoms with Gasteiger partial charge in [0.05, 0.1) is 23.1 Å². The first kappa shape index (κ1) is 19.9. The number of thiazole rings is 1. The Bertz CT molecular complexity index is 1280. The van der Waals surface area contributed by atoms with Crippen LogP contribution in [0.5, 0.6) is 0 Å². The Labute approximate surface area is 176 Å². The summed E-state index contributed by atoms with van der Waals surface area (Å²) >= 11 is 1.24. The fourth-order valence-electron chi connectivity index (χ4n) is 3.05. The highest BCUT2D eigenvalue weighted by Gasteiger charge is 2.21. The maximum absolute atomic E-state index is 13.6. The van der Waals surface area contributed by atoms with Crippen molar-refractivity contribution >= 4 is 32.6 Å². The fraction of sp³-hybridized carbons (Fsp3) is 0.182. The molecule has 0 spiro atoms. The van der Waals surface area contributed by atoms with Crippen LogP contribution in [0, 0.1) is 19.7 Å². The van der Waals surface area contributed by atoms with E-state index in [1.807, 2.05) is 30.3 Å². The van der Waals surface area contributed by atoms with Gasteiger partial charge >= 0.3 is 0 Å². The molecule has 0 aliphatic heterocycles. The minimum atomic E-state index is -0.355. The normalized spacial score (nSPS) is 11.0. The van der Waals surface area contributed by atoms with Crippen LogP contribution in [0.1, 0.15) is 16.8 Å². The molecule has 0 bridgehead atoms. The standard InChI is InChI=1S/C22H19FN4O2S/c1-14-15(2)24-13-26(21(14)29)12-20(28)27(11-16-6-4-3-5-7-16)22-25-18-9-8-17(23)10-19(18)30-22/h3-10,13H,11-12H2,1-2H3. The quantitative estimate of drug-likeness (QED) is 0.490. The summed E-state index contributed by atoms with van der Waals surface area (Å²) in [4.78, 5) is 36.0. The molecule has 0 unspecified atom stereocenters. The number of anilines is 1. The van der Waals surface area contributed by atoms with Gasteiger partial charge in [-0.15, -0.1) is 0 Å². The van der Waals surface area contributed by atoms with Crippen molar-refractivity contribution < 1.29 is 9.18 Å². The number of hydrogen-bond acceptors (Lipinski definition) is 5. The van der Waals surface area contributed by atoms with Gasteiger partial charge in [0.15, 0.2) is 5.13 Å². The Balaban J connectivity index is 1.71. The summed E-state index contributed by atoms with van der Waals surface area (Å²) in [5.74, 6) is -0.656. The zero-order valence-corrected chi connectivity index (χ0v) is 17.3. The monoisotopic (exact) mass is 422 g/mol. The van der Waals surface area contributed by atoms with Crippen molar-refractivity contribution in [3.05, 3.63) is 87.9 Å². The zero-order valence-electron chi connectivity index (χ0n) is 16.5. The van der Waals surface area contributed by atoms with Gasteiger partial charge in [-0.25, -0.2) is 14.4 Å². The van der Waals surface area contributed by atoms with Crippen molar-refractivity contribution in [2.24, 2.45) is 0 Å². The molecule has 0 saturated carbocycles. The first-order valence-electron chi connectivity index (χ1n) is 9.35. The molecule has 0 saturated heterocycles. The molecule has 0 aliphatic rings. The number of fused-ring (bicyclic) bond motifs is 1. The largest absolute Gasteiger partial charge is 0.289 e. The summed E-state index contributed by atoms with van der Waals surface area (Å²) in [6.45, 7) is 3.57. The van der Waals surface area contributed by atoms with E-state index in [9.17, 15) is 14.0 Å². The van der Waals surface area contributed by atoms with Crippen LogP contribution in [-0.2, 0) is 17.9 Å². The highest BCUT2D eigenvalue weighted by Crippen LogP contribution is 2.30. The molecule has 6 nitrogen and oxygen atoms in total. The van der Waals surface area contributed by atoms with Crippen LogP contribution < -0.4 is 10.5 Å². The molecule has 0 N–H and O–H groups in total. The van der Waals surface area contributed by atoms with E-state index in [0.29, 0.717) is 26.6 Å². The van der Waals surface area contributed by atoms with Crippen LogP contribution in [0.15, 0.2) is 59.7 Å². The first-order valence-corrected chi connectivity index (χ1v) is 10.2. The Kier molecular flexibility index (Phi) is 5.41. The van der Waals surface area contributed by atoms with Crippen molar-refractivity contribution in [1.82, 2.24) is 14.5 Å². The van der Waals surface area contributed by atoms with Crippen LogP contribution >= 0.6 is 11.3 Å². The van der Waals surface area contributed by atoms with Gasteiger partial charge in [-0.3, -0.25) is 19.1 Å². The van der Waals surface area contributed by atoms with Crippen LogP contribution in [0.3, 0.4) is 0 Å². The first-order chi connectivity index (χ1) is 14.4. The number of rotatable bonds is 5. The molecule has 1 amide bonds. The van der Waals surface area contributed by atoms with Crippen molar-refractivity contribution in [2.75, 3.05) is 4.90 Å². The second-order valence-electron chi connectivity index (χ2n) is 6.96. The number of carbonyl (C=O) groups is 1. The van der Waals surface area contributed by atoms with E-state index in [2.05, 4.69) is 9.97 Å². The maximum atomic E-state index is 13.6. The molecule has 0 atom stereocenters. The van der Waals surface area contributed by atoms with Gasteiger partial charge in [-0.2, -0.15) is 0 Å². The third-order valence-electron chi connectivity index (χ3n) is 4.88. The van der Waals surface area contributed by atoms with E-state index in [0.717, 1.165) is 5.56 Å². The molecule has 0 aliphatic carbocycles. The van der Waals surface area contributed by atoms with Crippen molar-refractivity contribution in [1.29, 1.82) is 0 Å². The average molecular weight is 422 g/mol. The summed E-state index contributed by atoms with van der Waals surface area (Å²) in [5.41, 5.74) is 2.43. The van der Waals surface area contributed by atoms with E-state index >= 15 is 0 Å². The number of carbonyl (C=O) groups excluding carboxylic acids is 1. The van der Waals surface area contributed by atoms with Gasteiger partial charge in [-0.05, 0) is 37.6 Å². The van der Waals surface area contributed by atoms with Crippen LogP contribution in [-0.4, -0.2) is 20.4 Å². The van der Waals surface area contributed by atoms with Crippen LogP contribution in [0.2, 0.25) is 0 Å². The summed E-state index contributed by atoms with van der Waals surface area (Å²) in [5, 5.41) is 0.453. The SMILES string of the molecule is Cc1ncn(CC(=O)N(Cc2ccccc2)c2nc3ccc(F)cc3s2)c(=O)c1C. The Hall–Kier alpha value is -3.39. The molecule has 152 valence electrons. The van der Waals surface area contributed by atoms with Crippen molar-refractivity contribution in [3.63, 3.8) is 0 Å². The average Bonchev–Trinajstić information content (AvgIpc) is 3.16. The third-order valence-corrected chi connectivity index (χ3v) is 5.92. The Morgan fingerprint density at radius 1 is 1.17 bits per heavy atom. The fourth-order valence-corrected chi connectivity index (χ4v) is 4.06. The molecule has 8 heteroatoms. The second-order valence-corrected chi connectivity index (χ2v) is 7.97. The summed E-state index contributed by atoms with van der Waals surface area (Å²) < 4.78 is 15.6. The predicted octanol–water partition coefficient (Wildman–Crippen LogP) is 3.84. The smallest absolute Gasteiger partial charge is 0.256 e. The van der Waals surface area contributed by atoms with Gasteiger partial charge in [-0.1, -0.05) is 41.7 Å². The molecule has 0 radical (unpaired) electrons. The number of aryl methyl sites for hydroxylation is 1. The summed E-state index contributed by atoms with van der Waals surface area (Å²) in [7, 11) is 0. The second kappa shape index (κ2) is 8.16. The van der Waals surface area contributed by atoms with Gasteiger partial charge in [0.25, 0.3) is 5.56 Å². The predicted molar refractivity (Wildman–Crippen MR) is 115 cm³/mol. The van der Waals surface area contributed by atoms with E-state index < -0.39 is 0 Å². The van der Waals surface area contributed by atoms with E-state index in [1.165, 1.54) is 39.3 Å². The van der Waals surface area contributed by atoms with Gasteiger partial charge in [0.2, 0.25) is 5.91 Å². The van der Waals surface area contributed by atoms with Gasteiger partial charge in [0.1, 0.15) is 12.4 Å². The van der Waals surface area contributed by atoms with Gasteiger partial charge in [0, 0.05) is 11.3 Å². The van der Waals surface area contributed by atoms with E-state index in [4.69, 9.17) is 0 Å². The highest BCUT2D eigenvalue weighted by molar-refractivity contribution is 7.22. The minimum absolute atomic E-state index is 0.163. The lowest BCUT2D eigenvalue weighted by molar-refractivity contribution is -0.119. The molecular formula is C22H19FN4O2S. The summed E-state index contributed by atoms with van der Waals surface area (Å²) in [6, 6.07) is 13.8. The molecule has 2 aromatic carbocycles. The minimum Gasteiger partial charge on any atom is -0.289 e. The third kappa shape index (κ3) is 3.99. The Morgan fingerprint density at radius 3 is 2.70 bits per heavy atom. The highest BCUT2D eigenvalue weighted by atomic mass is 32.1. The Morgan fingerprint density at radius 2 is 1.93 bits per heavy atom. The van der Waals surface area contributed by atoms with Crippen LogP contribution in [0.25, 0.3) is 10.2 Å². The van der Waals surface area contributed by atoms with Crippen molar-refractivity contribution in [3.8, 4) is 0 Å². The number of amides is 1. The lowest BCUT2D eigenvalue weighted by Crippen LogP contribution is -2.37. The maximum Gasteiger partial charge on any atom is 0.256 e. The lowest BCUT2D eigenvalue weighted by atomic mass is 10.2. The van der Waals surface area contributed by atoms with E-state index in [1.54, 1.807) is 19.9 Å². The number of halogens is 1. The molecular weight excluding hydrogens is 403 g/mol. The number of nitrogens with zero attached hydrogens (tertiary/aromatic N) is 4. The number of benzene rings is 2. The number of aromatic nitrogens is 3. The zero-order chi connectivity index (χ0) is 21.3.